The van der Waals surface area contributed by atoms with E-state index >= 15 is 0 Å². The van der Waals surface area contributed by atoms with Gasteiger partial charge in [0.2, 0.25) is 0 Å². The van der Waals surface area contributed by atoms with E-state index in [2.05, 4.69) is 5.32 Å². The number of nitro benzene ring substituents is 1. The summed E-state index contributed by atoms with van der Waals surface area (Å²) in [6.45, 7) is 1.62. The van der Waals surface area contributed by atoms with Crippen molar-refractivity contribution in [2.24, 2.45) is 0 Å². The van der Waals surface area contributed by atoms with Crippen LogP contribution in [0.15, 0.2) is 72.8 Å². The second-order valence-corrected chi connectivity index (χ2v) is 8.85. The Hall–Kier alpha value is -5.33. The molecule has 42 heavy (non-hydrogen) atoms. The number of amides is 1. The van der Waals surface area contributed by atoms with Crippen LogP contribution in [0, 0.1) is 28.7 Å². The zero-order chi connectivity index (χ0) is 30.8. The number of hydrogen-bond donors (Lipinski definition) is 1. The summed E-state index contributed by atoms with van der Waals surface area (Å²) in [5.74, 6) is -3.83. The predicted molar refractivity (Wildman–Crippen MR) is 141 cm³/mol. The van der Waals surface area contributed by atoms with Gasteiger partial charge in [-0.25, -0.2) is 13.6 Å². The van der Waals surface area contributed by atoms with Crippen LogP contribution in [0.4, 0.5) is 33.3 Å². The standard InChI is InChI=1S/C29H19F5N2O6/c1-15-3-7-19(41-2)14-21(15)28(38)42-26-10-4-16(20-8-5-17(30)12-24(20)31)11-22(26)27(37)35-18-6-9-25(36(39)40)23(13-18)29(32,33)34/h3-14H,1-2H3,(H,35,37). The van der Waals surface area contributed by atoms with Gasteiger partial charge in [-0.15, -0.1) is 0 Å². The summed E-state index contributed by atoms with van der Waals surface area (Å²) in [5, 5.41) is 13.3. The number of methoxy groups -OCH3 is 1. The second kappa shape index (κ2) is 11.6. The topological polar surface area (TPSA) is 108 Å². The number of aryl methyl sites for hydroxylation is 1. The van der Waals surface area contributed by atoms with Gasteiger partial charge < -0.3 is 14.8 Å². The highest BCUT2D eigenvalue weighted by Crippen LogP contribution is 2.38. The molecule has 4 rings (SSSR count). The van der Waals surface area contributed by atoms with Crippen LogP contribution in [0.5, 0.6) is 11.5 Å². The van der Waals surface area contributed by atoms with Gasteiger partial charge in [0.05, 0.1) is 23.2 Å². The smallest absolute Gasteiger partial charge is 0.423 e. The Morgan fingerprint density at radius 2 is 1.64 bits per heavy atom. The van der Waals surface area contributed by atoms with Crippen LogP contribution >= 0.6 is 0 Å². The van der Waals surface area contributed by atoms with Crippen molar-refractivity contribution in [3.63, 3.8) is 0 Å². The summed E-state index contributed by atoms with van der Waals surface area (Å²) in [4.78, 5) is 36.2. The van der Waals surface area contributed by atoms with Crippen LogP contribution in [-0.4, -0.2) is 23.9 Å². The number of esters is 1. The van der Waals surface area contributed by atoms with Crippen LogP contribution in [0.3, 0.4) is 0 Å². The van der Waals surface area contributed by atoms with Crippen molar-refractivity contribution in [1.82, 2.24) is 0 Å². The summed E-state index contributed by atoms with van der Waals surface area (Å²) in [6.07, 6.45) is -5.11. The van der Waals surface area contributed by atoms with Crippen molar-refractivity contribution in [1.29, 1.82) is 0 Å². The molecule has 13 heteroatoms. The molecule has 0 saturated heterocycles. The molecule has 0 aliphatic heterocycles. The number of ether oxygens (including phenoxy) is 2. The molecular formula is C29H19F5N2O6. The lowest BCUT2D eigenvalue weighted by atomic mass is 10.0. The maximum atomic E-state index is 14.5. The van der Waals surface area contributed by atoms with Crippen molar-refractivity contribution in [2.45, 2.75) is 13.1 Å². The molecule has 0 fully saturated rings. The molecule has 0 bridgehead atoms. The molecule has 1 amide bonds. The van der Waals surface area contributed by atoms with E-state index in [4.69, 9.17) is 9.47 Å². The van der Waals surface area contributed by atoms with Crippen molar-refractivity contribution >= 4 is 23.3 Å². The normalized spacial score (nSPS) is 11.1. The quantitative estimate of drug-likeness (QED) is 0.0798. The number of benzene rings is 4. The molecule has 8 nitrogen and oxygen atoms in total. The largest absolute Gasteiger partial charge is 0.497 e. The van der Waals surface area contributed by atoms with E-state index in [1.54, 1.807) is 19.1 Å². The Labute approximate surface area is 234 Å². The first-order valence-electron chi connectivity index (χ1n) is 11.9. The monoisotopic (exact) mass is 586 g/mol. The molecule has 0 aliphatic rings. The zero-order valence-corrected chi connectivity index (χ0v) is 21.7. The average Bonchev–Trinajstić information content (AvgIpc) is 2.93. The van der Waals surface area contributed by atoms with Crippen molar-refractivity contribution < 1.29 is 45.9 Å². The summed E-state index contributed by atoms with van der Waals surface area (Å²) in [5.41, 5.74) is -3.18. The van der Waals surface area contributed by atoms with Gasteiger partial charge in [-0.2, -0.15) is 13.2 Å². The molecule has 0 saturated carbocycles. The predicted octanol–water partition coefficient (Wildman–Crippen LogP) is 7.35. The third kappa shape index (κ3) is 6.35. The number of nitrogens with zero attached hydrogens (tertiary/aromatic N) is 1. The maximum Gasteiger partial charge on any atom is 0.423 e. The third-order valence-corrected chi connectivity index (χ3v) is 6.09. The van der Waals surface area contributed by atoms with E-state index in [0.29, 0.717) is 29.5 Å². The van der Waals surface area contributed by atoms with Crippen molar-refractivity contribution in [3.05, 3.63) is 117 Å². The Kier molecular flexibility index (Phi) is 8.22. The lowest BCUT2D eigenvalue weighted by Crippen LogP contribution is -2.18. The van der Waals surface area contributed by atoms with Gasteiger partial charge in [0.25, 0.3) is 11.6 Å². The SMILES string of the molecule is COc1ccc(C)c(C(=O)Oc2ccc(-c3ccc(F)cc3F)cc2C(=O)Nc2ccc([N+](=O)[O-])c(C(F)(F)F)c2)c1. The summed E-state index contributed by atoms with van der Waals surface area (Å²) < 4.78 is 79.0. The van der Waals surface area contributed by atoms with Crippen LogP contribution in [0.1, 0.15) is 31.8 Å². The number of hydrogen-bond acceptors (Lipinski definition) is 6. The Balaban J connectivity index is 1.77. The molecule has 0 radical (unpaired) electrons. The van der Waals surface area contributed by atoms with Crippen LogP contribution in [0.2, 0.25) is 0 Å². The van der Waals surface area contributed by atoms with Crippen LogP contribution in [0.25, 0.3) is 11.1 Å². The highest BCUT2D eigenvalue weighted by atomic mass is 19.4. The lowest BCUT2D eigenvalue weighted by molar-refractivity contribution is -0.388. The first kappa shape index (κ1) is 29.6. The van der Waals surface area contributed by atoms with E-state index in [1.165, 1.54) is 19.2 Å². The zero-order valence-electron chi connectivity index (χ0n) is 21.7. The van der Waals surface area contributed by atoms with Gasteiger partial charge in [0, 0.05) is 23.4 Å². The van der Waals surface area contributed by atoms with Gasteiger partial charge in [0.1, 0.15) is 28.7 Å². The molecule has 0 spiro atoms. The molecule has 0 aromatic heterocycles. The number of rotatable bonds is 7. The van der Waals surface area contributed by atoms with Gasteiger partial charge >= 0.3 is 12.1 Å². The fraction of sp³-hybridized carbons (Fsp3) is 0.103. The van der Waals surface area contributed by atoms with E-state index in [0.717, 1.165) is 30.3 Å². The number of nitro groups is 1. The van der Waals surface area contributed by atoms with Crippen molar-refractivity contribution in [2.75, 3.05) is 12.4 Å². The Morgan fingerprint density at radius 3 is 2.29 bits per heavy atom. The molecule has 0 aliphatic carbocycles. The van der Waals surface area contributed by atoms with Crippen LogP contribution < -0.4 is 14.8 Å². The number of alkyl halides is 3. The second-order valence-electron chi connectivity index (χ2n) is 8.85. The molecule has 0 heterocycles. The fourth-order valence-electron chi connectivity index (χ4n) is 3.99. The summed E-state index contributed by atoms with van der Waals surface area (Å²) in [7, 11) is 1.39. The van der Waals surface area contributed by atoms with E-state index in [9.17, 15) is 41.7 Å². The van der Waals surface area contributed by atoms with Crippen LogP contribution in [-0.2, 0) is 6.18 Å². The molecule has 4 aromatic rings. The number of anilines is 1. The third-order valence-electron chi connectivity index (χ3n) is 6.09. The van der Waals surface area contributed by atoms with E-state index < -0.39 is 57.1 Å². The lowest BCUT2D eigenvalue weighted by Gasteiger charge is -2.15. The fourth-order valence-corrected chi connectivity index (χ4v) is 3.99. The summed E-state index contributed by atoms with van der Waals surface area (Å²) in [6, 6.07) is 12.7. The minimum atomic E-state index is -5.11. The molecule has 0 atom stereocenters. The first-order chi connectivity index (χ1) is 19.8. The number of nitrogens with one attached hydrogen (secondary N) is 1. The van der Waals surface area contributed by atoms with Gasteiger partial charge in [0.15, 0.2) is 0 Å². The minimum absolute atomic E-state index is 0.0506. The molecule has 1 N–H and O–H groups in total. The minimum Gasteiger partial charge on any atom is -0.497 e. The van der Waals surface area contributed by atoms with E-state index in [-0.39, 0.29) is 22.4 Å². The molecule has 0 unspecified atom stereocenters. The molecule has 4 aromatic carbocycles. The molecule has 216 valence electrons. The maximum absolute atomic E-state index is 14.5. The van der Waals surface area contributed by atoms with Gasteiger partial charge in [-0.3, -0.25) is 14.9 Å². The average molecular weight is 586 g/mol. The highest BCUT2D eigenvalue weighted by Gasteiger charge is 2.38. The summed E-state index contributed by atoms with van der Waals surface area (Å²) >= 11 is 0. The number of halogens is 5. The highest BCUT2D eigenvalue weighted by molar-refractivity contribution is 6.08. The van der Waals surface area contributed by atoms with Gasteiger partial charge in [-0.05, 0) is 66.6 Å². The van der Waals surface area contributed by atoms with Gasteiger partial charge in [-0.1, -0.05) is 12.1 Å². The Morgan fingerprint density at radius 1 is 0.905 bits per heavy atom. The number of carbonyl (C=O) groups is 2. The van der Waals surface area contributed by atoms with E-state index in [1.807, 2.05) is 0 Å². The molecular weight excluding hydrogens is 567 g/mol. The number of carbonyl (C=O) groups excluding carboxylic acids is 2. The first-order valence-corrected chi connectivity index (χ1v) is 11.9. The van der Waals surface area contributed by atoms with Crippen molar-refractivity contribution in [3.8, 4) is 22.6 Å². The Bertz CT molecular complexity index is 1720.